The lowest BCUT2D eigenvalue weighted by molar-refractivity contribution is -0.119. The summed E-state index contributed by atoms with van der Waals surface area (Å²) in [4.78, 5) is 12.7. The predicted octanol–water partition coefficient (Wildman–Crippen LogP) is 16.1. The molecule has 54 heavy (non-hydrogen) atoms. The predicted molar refractivity (Wildman–Crippen MR) is 243 cm³/mol. The third kappa shape index (κ3) is 46.1. The molecule has 5 heteroatoms. The Balaban J connectivity index is 4.05. The van der Waals surface area contributed by atoms with Gasteiger partial charge in [0.2, 0.25) is 5.91 Å². The zero-order valence-electron chi connectivity index (χ0n) is 37.3. The molecule has 1 unspecified atom stereocenters. The van der Waals surface area contributed by atoms with Crippen molar-refractivity contribution in [2.75, 3.05) is 37.9 Å². The van der Waals surface area contributed by atoms with Crippen LogP contribution in [0.5, 0.6) is 0 Å². The minimum Gasteiger partial charge on any atom is -0.379 e. The van der Waals surface area contributed by atoms with Crippen molar-refractivity contribution >= 4 is 17.7 Å². The van der Waals surface area contributed by atoms with E-state index in [-0.39, 0.29) is 12.0 Å². The lowest BCUT2D eigenvalue weighted by atomic mass is 10.0. The Morgan fingerprint density at radius 2 is 0.741 bits per heavy atom. The van der Waals surface area contributed by atoms with Crippen LogP contribution in [0.1, 0.15) is 265 Å². The van der Waals surface area contributed by atoms with Crippen LogP contribution in [0.4, 0.5) is 0 Å². The monoisotopic (exact) mass is 782 g/mol. The van der Waals surface area contributed by atoms with Crippen LogP contribution < -0.4 is 5.32 Å². The Morgan fingerprint density at radius 1 is 0.426 bits per heavy atom. The molecule has 0 bridgehead atoms. The molecule has 0 heterocycles. The van der Waals surface area contributed by atoms with Crippen molar-refractivity contribution in [3.8, 4) is 0 Å². The highest BCUT2D eigenvalue weighted by atomic mass is 32.2. The molecular formula is C49H99NO3S. The quantitative estimate of drug-likeness (QED) is 0.0625. The zero-order chi connectivity index (χ0) is 39.1. The first kappa shape index (κ1) is 53.7. The summed E-state index contributed by atoms with van der Waals surface area (Å²) in [6.45, 7) is 9.61. The Labute approximate surface area is 344 Å². The van der Waals surface area contributed by atoms with E-state index in [0.29, 0.717) is 18.9 Å². The van der Waals surface area contributed by atoms with E-state index in [1.54, 1.807) is 11.8 Å². The maximum absolute atomic E-state index is 12.7. The van der Waals surface area contributed by atoms with E-state index >= 15 is 0 Å². The van der Waals surface area contributed by atoms with E-state index in [4.69, 9.17) is 9.47 Å². The second-order valence-electron chi connectivity index (χ2n) is 16.8. The van der Waals surface area contributed by atoms with Crippen LogP contribution in [-0.4, -0.2) is 49.9 Å². The minimum absolute atomic E-state index is 0.0467. The third-order valence-corrected chi connectivity index (χ3v) is 12.2. The number of carbonyl (C=O) groups is 1. The Kier molecular flexibility index (Phi) is 48.7. The summed E-state index contributed by atoms with van der Waals surface area (Å²) in [6, 6.07) is 0. The van der Waals surface area contributed by atoms with E-state index in [9.17, 15) is 4.79 Å². The third-order valence-electron chi connectivity index (χ3n) is 11.2. The van der Waals surface area contributed by atoms with Crippen LogP contribution in [0.25, 0.3) is 0 Å². The number of unbranched alkanes of at least 4 members (excludes halogenated alkanes) is 35. The van der Waals surface area contributed by atoms with Crippen LogP contribution in [0.3, 0.4) is 0 Å². The number of ether oxygens (including phenoxy) is 2. The summed E-state index contributed by atoms with van der Waals surface area (Å²) in [5, 5.41) is 3.17. The first-order chi connectivity index (χ1) is 26.7. The molecule has 0 aromatic heterocycles. The fraction of sp³-hybridized carbons (Fsp3) is 0.980. The molecule has 4 nitrogen and oxygen atoms in total. The summed E-state index contributed by atoms with van der Waals surface area (Å²) < 4.78 is 12.4. The molecule has 0 aromatic carbocycles. The van der Waals surface area contributed by atoms with Gasteiger partial charge in [-0.15, -0.1) is 0 Å². The van der Waals surface area contributed by atoms with Crippen LogP contribution in [0.2, 0.25) is 0 Å². The maximum Gasteiger partial charge on any atom is 0.230 e. The van der Waals surface area contributed by atoms with Crippen molar-refractivity contribution in [1.82, 2.24) is 5.32 Å². The van der Waals surface area contributed by atoms with E-state index in [1.165, 1.54) is 231 Å². The Bertz CT molecular complexity index is 692. The van der Waals surface area contributed by atoms with Gasteiger partial charge < -0.3 is 14.8 Å². The van der Waals surface area contributed by atoms with Gasteiger partial charge in [-0.1, -0.05) is 245 Å². The van der Waals surface area contributed by atoms with Crippen molar-refractivity contribution in [3.63, 3.8) is 0 Å². The highest BCUT2D eigenvalue weighted by Gasteiger charge is 2.12. The number of nitrogens with one attached hydrogen (secondary N) is 1. The summed E-state index contributed by atoms with van der Waals surface area (Å²) in [6.07, 6.45) is 51.9. The Hall–Kier alpha value is -0.260. The number of amides is 1. The smallest absolute Gasteiger partial charge is 0.230 e. The van der Waals surface area contributed by atoms with E-state index in [2.05, 4.69) is 26.1 Å². The number of carbonyl (C=O) groups excluding carboxylic acids is 1. The van der Waals surface area contributed by atoms with Gasteiger partial charge in [-0.25, -0.2) is 0 Å². The van der Waals surface area contributed by atoms with Crippen LogP contribution in [0, 0.1) is 0 Å². The van der Waals surface area contributed by atoms with Crippen molar-refractivity contribution < 1.29 is 14.3 Å². The molecule has 0 fully saturated rings. The van der Waals surface area contributed by atoms with Gasteiger partial charge in [0.05, 0.1) is 18.5 Å². The molecule has 0 spiro atoms. The lowest BCUT2D eigenvalue weighted by Crippen LogP contribution is -2.37. The SMILES string of the molecule is CCCCCCCCCCCCCCCOCC(CNC(=O)CSCCCCCCCCCCCCCC)OCCCCCCCCCCCCCCC. The fourth-order valence-corrected chi connectivity index (χ4v) is 8.30. The first-order valence-electron chi connectivity index (χ1n) is 24.8. The average molecular weight is 782 g/mol. The molecule has 0 aromatic rings. The first-order valence-corrected chi connectivity index (χ1v) is 25.9. The van der Waals surface area contributed by atoms with Crippen molar-refractivity contribution in [2.24, 2.45) is 0 Å². The van der Waals surface area contributed by atoms with E-state index < -0.39 is 0 Å². The van der Waals surface area contributed by atoms with E-state index in [1.807, 2.05) is 0 Å². The highest BCUT2D eigenvalue weighted by Crippen LogP contribution is 2.16. The van der Waals surface area contributed by atoms with Crippen molar-refractivity contribution in [3.05, 3.63) is 0 Å². The lowest BCUT2D eigenvalue weighted by Gasteiger charge is -2.19. The molecule has 0 rings (SSSR count). The molecule has 1 atom stereocenters. The molecule has 0 aliphatic rings. The summed E-state index contributed by atoms with van der Waals surface area (Å²) in [5.41, 5.74) is 0. The van der Waals surface area contributed by atoms with Gasteiger partial charge in [0, 0.05) is 19.8 Å². The normalized spacial score (nSPS) is 12.1. The summed E-state index contributed by atoms with van der Waals surface area (Å²) >= 11 is 1.79. The second kappa shape index (κ2) is 48.9. The van der Waals surface area contributed by atoms with Crippen LogP contribution in [0.15, 0.2) is 0 Å². The largest absolute Gasteiger partial charge is 0.379 e. The van der Waals surface area contributed by atoms with Gasteiger partial charge >= 0.3 is 0 Å². The number of rotatable bonds is 48. The highest BCUT2D eigenvalue weighted by molar-refractivity contribution is 7.99. The molecule has 0 aliphatic carbocycles. The van der Waals surface area contributed by atoms with E-state index in [0.717, 1.165) is 31.8 Å². The molecule has 1 N–H and O–H groups in total. The van der Waals surface area contributed by atoms with Gasteiger partial charge in [0.25, 0.3) is 0 Å². The zero-order valence-corrected chi connectivity index (χ0v) is 38.1. The van der Waals surface area contributed by atoms with Crippen LogP contribution >= 0.6 is 11.8 Å². The van der Waals surface area contributed by atoms with Gasteiger partial charge in [-0.2, -0.15) is 11.8 Å². The van der Waals surface area contributed by atoms with Gasteiger partial charge in [-0.3, -0.25) is 4.79 Å². The topological polar surface area (TPSA) is 47.6 Å². The summed E-state index contributed by atoms with van der Waals surface area (Å²) in [7, 11) is 0. The Morgan fingerprint density at radius 3 is 1.11 bits per heavy atom. The number of hydrogen-bond acceptors (Lipinski definition) is 4. The van der Waals surface area contributed by atoms with Gasteiger partial charge in [0.1, 0.15) is 0 Å². The molecule has 0 saturated carbocycles. The molecule has 1 amide bonds. The molecule has 0 radical (unpaired) electrons. The fourth-order valence-electron chi connectivity index (χ4n) is 7.46. The van der Waals surface area contributed by atoms with Crippen molar-refractivity contribution in [1.29, 1.82) is 0 Å². The second-order valence-corrected chi connectivity index (χ2v) is 17.9. The molecule has 324 valence electrons. The van der Waals surface area contributed by atoms with Crippen molar-refractivity contribution in [2.45, 2.75) is 271 Å². The average Bonchev–Trinajstić information content (AvgIpc) is 3.18. The number of hydrogen-bond donors (Lipinski definition) is 1. The maximum atomic E-state index is 12.7. The summed E-state index contributed by atoms with van der Waals surface area (Å²) in [5.74, 6) is 1.79. The number of thioether (sulfide) groups is 1. The molecular weight excluding hydrogens is 683 g/mol. The standard InChI is InChI=1S/C49H99NO3S/c1-4-7-10-13-16-19-22-25-27-30-33-36-39-42-52-46-48(53-43-40-37-34-31-28-26-23-20-17-14-11-8-5-2)45-50-49(51)47-54-44-41-38-35-32-29-24-21-18-15-12-9-6-3/h48H,4-47H2,1-3H3,(H,50,51). The van der Waals surface area contributed by atoms with Crippen LogP contribution in [-0.2, 0) is 14.3 Å². The minimum atomic E-state index is -0.0467. The van der Waals surface area contributed by atoms with Gasteiger partial charge in [-0.05, 0) is 25.0 Å². The molecule has 0 aliphatic heterocycles. The van der Waals surface area contributed by atoms with Gasteiger partial charge in [0.15, 0.2) is 0 Å². The molecule has 0 saturated heterocycles.